The van der Waals surface area contributed by atoms with Crippen LogP contribution in [0.5, 0.6) is 5.88 Å². The lowest BCUT2D eigenvalue weighted by Gasteiger charge is -2.39. The number of halogens is 2. The first-order valence-electron chi connectivity index (χ1n) is 14.3. The molecule has 4 fully saturated rings. The molecule has 4 aliphatic rings. The van der Waals surface area contributed by atoms with E-state index in [1.165, 1.54) is 13.2 Å². The number of rotatable bonds is 7. The fourth-order valence-electron chi connectivity index (χ4n) is 6.73. The molecule has 6 heterocycles. The number of nitrogens with one attached hydrogen (secondary N) is 3. The Bertz CT molecular complexity index is 1540. The van der Waals surface area contributed by atoms with E-state index in [2.05, 4.69) is 35.7 Å². The van der Waals surface area contributed by atoms with Crippen LogP contribution < -0.4 is 20.3 Å². The maximum atomic E-state index is 14.4. The second kappa shape index (κ2) is 10.5. The molecule has 1 aliphatic carbocycles. The monoisotopic (exact) mass is 594 g/mol. The van der Waals surface area contributed by atoms with Crippen molar-refractivity contribution in [3.63, 3.8) is 0 Å². The zero-order valence-corrected chi connectivity index (χ0v) is 24.0. The lowest BCUT2D eigenvalue weighted by molar-refractivity contribution is -0.127. The van der Waals surface area contributed by atoms with Gasteiger partial charge in [-0.05, 0) is 44.2 Å². The number of piperidine rings is 1. The number of carbonyl (C=O) groups excluding carboxylic acids is 2. The van der Waals surface area contributed by atoms with Crippen molar-refractivity contribution in [1.82, 2.24) is 35.7 Å². The van der Waals surface area contributed by atoms with Crippen LogP contribution in [0.2, 0.25) is 5.02 Å². The summed E-state index contributed by atoms with van der Waals surface area (Å²) in [5.41, 5.74) is 2.07. The molecule has 3 N–H and O–H groups in total. The van der Waals surface area contributed by atoms with Crippen molar-refractivity contribution in [3.8, 4) is 17.1 Å². The number of aromatic nitrogens is 4. The van der Waals surface area contributed by atoms with Crippen LogP contribution in [0.15, 0.2) is 30.6 Å². The molecular formula is C29H32ClFN8O3. The van der Waals surface area contributed by atoms with Crippen molar-refractivity contribution < 1.29 is 18.7 Å². The summed E-state index contributed by atoms with van der Waals surface area (Å²) in [7, 11) is 1.45. The van der Waals surface area contributed by atoms with Gasteiger partial charge in [-0.15, -0.1) is 0 Å². The molecule has 1 saturated carbocycles. The van der Waals surface area contributed by atoms with Crippen molar-refractivity contribution in [2.45, 2.75) is 56.3 Å². The Morgan fingerprint density at radius 2 is 2.10 bits per heavy atom. The van der Waals surface area contributed by atoms with Gasteiger partial charge in [-0.3, -0.25) is 19.7 Å². The molecular weight excluding hydrogens is 563 g/mol. The second-order valence-corrected chi connectivity index (χ2v) is 12.1. The number of hydrogen-bond acceptors (Lipinski definition) is 8. The third-order valence-corrected chi connectivity index (χ3v) is 9.52. The Morgan fingerprint density at radius 1 is 1.24 bits per heavy atom. The molecule has 0 unspecified atom stereocenters. The number of methoxy groups -OCH3 is 1. The highest BCUT2D eigenvalue weighted by atomic mass is 35.5. The van der Waals surface area contributed by atoms with E-state index in [1.807, 2.05) is 17.2 Å². The smallest absolute Gasteiger partial charge is 0.272 e. The third kappa shape index (κ3) is 4.86. The van der Waals surface area contributed by atoms with Crippen LogP contribution in [0.25, 0.3) is 11.3 Å². The molecule has 0 radical (unpaired) electrons. The maximum Gasteiger partial charge on any atom is 0.272 e. The number of H-pyrrole nitrogens is 1. The molecule has 3 saturated heterocycles. The minimum absolute atomic E-state index is 0.0517. The number of amides is 2. The van der Waals surface area contributed by atoms with Gasteiger partial charge in [0.25, 0.3) is 5.91 Å². The minimum atomic E-state index is -0.560. The van der Waals surface area contributed by atoms with Gasteiger partial charge in [0.15, 0.2) is 5.82 Å². The first-order valence-corrected chi connectivity index (χ1v) is 14.7. The first kappa shape index (κ1) is 27.1. The number of ether oxygens (including phenoxy) is 1. The van der Waals surface area contributed by atoms with E-state index >= 15 is 0 Å². The summed E-state index contributed by atoms with van der Waals surface area (Å²) < 4.78 is 19.5. The van der Waals surface area contributed by atoms with Crippen molar-refractivity contribution in [3.05, 3.63) is 52.8 Å². The van der Waals surface area contributed by atoms with E-state index in [-0.39, 0.29) is 47.0 Å². The molecule has 13 heteroatoms. The van der Waals surface area contributed by atoms with Crippen molar-refractivity contribution in [1.29, 1.82) is 0 Å². The van der Waals surface area contributed by atoms with Crippen molar-refractivity contribution in [2.24, 2.45) is 5.92 Å². The van der Waals surface area contributed by atoms with Crippen LogP contribution in [-0.4, -0.2) is 81.2 Å². The fourth-order valence-corrected chi connectivity index (χ4v) is 6.96. The topological polar surface area (TPSA) is 128 Å². The number of likely N-dealkylation sites (tertiary alicyclic amines) is 1. The number of fused-ring (bicyclic) bond motifs is 2. The van der Waals surface area contributed by atoms with Gasteiger partial charge in [0.1, 0.15) is 5.69 Å². The number of piperazine rings is 1. The van der Waals surface area contributed by atoms with Crippen LogP contribution >= 0.6 is 11.6 Å². The predicted molar refractivity (Wildman–Crippen MR) is 153 cm³/mol. The lowest BCUT2D eigenvalue weighted by atomic mass is 9.88. The molecule has 3 aromatic heterocycles. The molecule has 11 nitrogen and oxygen atoms in total. The molecule has 42 heavy (non-hydrogen) atoms. The number of aromatic amines is 1. The highest BCUT2D eigenvalue weighted by Crippen LogP contribution is 2.50. The minimum Gasteiger partial charge on any atom is -0.481 e. The first-order chi connectivity index (χ1) is 20.3. The van der Waals surface area contributed by atoms with E-state index in [0.717, 1.165) is 44.2 Å². The molecule has 3 atom stereocenters. The largest absolute Gasteiger partial charge is 0.481 e. The fraction of sp³-hybridized carbons (Fsp3) is 0.483. The van der Waals surface area contributed by atoms with Gasteiger partial charge in [0, 0.05) is 54.8 Å². The van der Waals surface area contributed by atoms with Crippen LogP contribution in [-0.2, 0) is 11.3 Å². The van der Waals surface area contributed by atoms with Gasteiger partial charge in [0.05, 0.1) is 48.1 Å². The molecule has 0 aromatic carbocycles. The Balaban J connectivity index is 0.969. The highest BCUT2D eigenvalue weighted by Gasteiger charge is 2.54. The van der Waals surface area contributed by atoms with Gasteiger partial charge >= 0.3 is 0 Å². The molecule has 2 bridgehead atoms. The average molecular weight is 595 g/mol. The van der Waals surface area contributed by atoms with Crippen molar-refractivity contribution in [2.75, 3.05) is 31.6 Å². The zero-order valence-electron chi connectivity index (χ0n) is 23.2. The average Bonchev–Trinajstić information content (AvgIpc) is 3.37. The van der Waals surface area contributed by atoms with Crippen LogP contribution in [0, 0.1) is 11.7 Å². The summed E-state index contributed by atoms with van der Waals surface area (Å²) in [6, 6.07) is 5.94. The maximum absolute atomic E-state index is 14.4. The van der Waals surface area contributed by atoms with Crippen LogP contribution in [0.3, 0.4) is 0 Å². The summed E-state index contributed by atoms with van der Waals surface area (Å²) in [6.45, 7) is 2.65. The normalized spacial score (nSPS) is 23.8. The second-order valence-electron chi connectivity index (χ2n) is 11.7. The van der Waals surface area contributed by atoms with Gasteiger partial charge in [-0.2, -0.15) is 5.10 Å². The molecule has 7 rings (SSSR count). The summed E-state index contributed by atoms with van der Waals surface area (Å²) in [5, 5.41) is 14.0. The molecule has 220 valence electrons. The van der Waals surface area contributed by atoms with E-state index < -0.39 is 5.82 Å². The molecule has 2 amide bonds. The summed E-state index contributed by atoms with van der Waals surface area (Å²) in [6.07, 6.45) is 6.86. The molecule has 1 spiro atoms. The van der Waals surface area contributed by atoms with Gasteiger partial charge in [-0.25, -0.2) is 9.37 Å². The predicted octanol–water partition coefficient (Wildman–Crippen LogP) is 2.92. The summed E-state index contributed by atoms with van der Waals surface area (Å²) in [5.74, 6) is -0.775. The van der Waals surface area contributed by atoms with Crippen LogP contribution in [0.4, 0.5) is 10.1 Å². The SMILES string of the molecule is COc1cc(-c2cc(C(=O)N3CC[C@H](C(=O)NCc4ncc(N5C[C@@H]6C[C@H]5CN6)cc4Cl)CC34CC4)[nH]n2)c(F)cn1. The number of nitrogens with zero attached hydrogens (tertiary/aromatic N) is 5. The lowest BCUT2D eigenvalue weighted by Crippen LogP contribution is -2.50. The van der Waals surface area contributed by atoms with Crippen LogP contribution in [0.1, 0.15) is 48.3 Å². The zero-order chi connectivity index (χ0) is 29.0. The van der Waals surface area contributed by atoms with E-state index in [0.29, 0.717) is 47.9 Å². The van der Waals surface area contributed by atoms with Crippen molar-refractivity contribution >= 4 is 29.1 Å². The Hall–Kier alpha value is -3.77. The summed E-state index contributed by atoms with van der Waals surface area (Å²) >= 11 is 6.57. The van der Waals surface area contributed by atoms with E-state index in [4.69, 9.17) is 16.3 Å². The molecule has 3 aliphatic heterocycles. The van der Waals surface area contributed by atoms with E-state index in [1.54, 1.807) is 6.07 Å². The third-order valence-electron chi connectivity index (χ3n) is 9.19. The Kier molecular flexibility index (Phi) is 6.77. The standard InChI is InChI=1S/C29H32ClFN8O3/c1-42-26-8-20(22(31)13-34-26)23-9-24(37-36-23)28(41)39-5-2-16(10-29(39)3-4-29)27(40)35-14-25-21(30)7-19(12-33-25)38-15-17-6-18(38)11-32-17/h7-9,12-13,16-18,32H,2-6,10-11,14-15H2,1H3,(H,35,40)(H,36,37)/t16-,17-,18-/m0/s1. The Morgan fingerprint density at radius 3 is 2.81 bits per heavy atom. The Labute approximate surface area is 247 Å². The quantitative estimate of drug-likeness (QED) is 0.381. The van der Waals surface area contributed by atoms with Gasteiger partial charge in [0.2, 0.25) is 11.8 Å². The number of carbonyl (C=O) groups is 2. The van der Waals surface area contributed by atoms with Gasteiger partial charge < -0.3 is 25.2 Å². The van der Waals surface area contributed by atoms with Gasteiger partial charge in [-0.1, -0.05) is 11.6 Å². The van der Waals surface area contributed by atoms with E-state index in [9.17, 15) is 14.0 Å². The molecule has 3 aromatic rings. The summed E-state index contributed by atoms with van der Waals surface area (Å²) in [4.78, 5) is 39.3. The highest BCUT2D eigenvalue weighted by molar-refractivity contribution is 6.31. The number of anilines is 1. The number of hydrogen-bond donors (Lipinski definition) is 3. The number of pyridine rings is 2.